The van der Waals surface area contributed by atoms with Crippen molar-refractivity contribution < 1.29 is 74.9 Å². The standard InChI is InChI=1S/C29H22N8O18S5/c1-13-8-14(2-5-18(13)32-33-20-7-4-16(56(41,42)43)10-24(20)59(50,51)52)31-35-21-12-22(57(44,45)46)17-11-25(60(53,54)55)28(29(38)26(17)27(21)30)36-34-19-6-3-15(37(39)40)9-23(19)58(47,48)49/h2-12,38H,30H2,1H3,(H,41,42,43)(H,44,45,46)(H,47,48,49)(H,50,51,52)(H,53,54,55). The van der Waals surface area contributed by atoms with Gasteiger partial charge in [-0.15, -0.1) is 20.5 Å². The molecular weight excluding hydrogens is 909 g/mol. The molecule has 60 heavy (non-hydrogen) atoms. The van der Waals surface area contributed by atoms with Gasteiger partial charge < -0.3 is 10.8 Å². The Bertz CT molecular complexity index is 3360. The second-order valence-electron chi connectivity index (χ2n) is 11.8. The second-order valence-corrected chi connectivity index (χ2v) is 18.8. The number of aromatic hydroxyl groups is 1. The number of hydrogen-bond acceptors (Lipinski definition) is 20. The van der Waals surface area contributed by atoms with Gasteiger partial charge in [-0.25, -0.2) is 0 Å². The van der Waals surface area contributed by atoms with E-state index in [1.54, 1.807) is 0 Å². The lowest BCUT2D eigenvalue weighted by atomic mass is 10.0. The van der Waals surface area contributed by atoms with Crippen molar-refractivity contribution in [2.75, 3.05) is 5.73 Å². The van der Waals surface area contributed by atoms with Crippen molar-refractivity contribution in [1.29, 1.82) is 0 Å². The van der Waals surface area contributed by atoms with Crippen molar-refractivity contribution >= 4 is 107 Å². The first-order chi connectivity index (χ1) is 27.5. The van der Waals surface area contributed by atoms with Gasteiger partial charge in [0.2, 0.25) is 0 Å². The van der Waals surface area contributed by atoms with Crippen LogP contribution in [0.4, 0.5) is 45.5 Å². The smallest absolute Gasteiger partial charge is 0.297 e. The van der Waals surface area contributed by atoms with E-state index in [-0.39, 0.29) is 16.9 Å². The molecule has 0 aliphatic rings. The molecule has 0 aromatic heterocycles. The number of benzene rings is 5. The van der Waals surface area contributed by atoms with Crippen LogP contribution in [0.25, 0.3) is 10.8 Å². The van der Waals surface area contributed by atoms with E-state index in [0.717, 1.165) is 18.2 Å². The van der Waals surface area contributed by atoms with E-state index in [4.69, 9.17) is 5.73 Å². The molecule has 31 heteroatoms. The molecule has 316 valence electrons. The van der Waals surface area contributed by atoms with Crippen molar-refractivity contribution in [2.24, 2.45) is 30.7 Å². The summed E-state index contributed by atoms with van der Waals surface area (Å²) in [6, 6.07) is 8.66. The summed E-state index contributed by atoms with van der Waals surface area (Å²) in [5.74, 6) is -1.35. The first-order valence-corrected chi connectivity index (χ1v) is 22.5. The monoisotopic (exact) mass is 930 g/mol. The third-order valence-corrected chi connectivity index (χ3v) is 12.2. The zero-order valence-electron chi connectivity index (χ0n) is 29.2. The van der Waals surface area contributed by atoms with Gasteiger partial charge >= 0.3 is 0 Å². The summed E-state index contributed by atoms with van der Waals surface area (Å²) < 4.78 is 169. The number of fused-ring (bicyclic) bond motifs is 1. The number of non-ortho nitro benzene ring substituents is 1. The van der Waals surface area contributed by atoms with E-state index in [1.807, 2.05) is 0 Å². The molecule has 0 aliphatic heterocycles. The molecule has 0 radical (unpaired) electrons. The van der Waals surface area contributed by atoms with Crippen LogP contribution in [0, 0.1) is 17.0 Å². The van der Waals surface area contributed by atoms with Crippen LogP contribution >= 0.6 is 0 Å². The van der Waals surface area contributed by atoms with Crippen LogP contribution in [0.3, 0.4) is 0 Å². The number of nitrogens with two attached hydrogens (primary N) is 1. The van der Waals surface area contributed by atoms with Crippen LogP contribution in [0.1, 0.15) is 5.56 Å². The molecule has 0 atom stereocenters. The molecule has 0 unspecified atom stereocenters. The number of nitrogens with zero attached hydrogens (tertiary/aromatic N) is 7. The van der Waals surface area contributed by atoms with Gasteiger partial charge in [-0.1, -0.05) is 0 Å². The second kappa shape index (κ2) is 15.7. The maximum Gasteiger partial charge on any atom is 0.297 e. The number of aryl methyl sites for hydroxylation is 1. The highest BCUT2D eigenvalue weighted by atomic mass is 32.2. The summed E-state index contributed by atoms with van der Waals surface area (Å²) in [6.07, 6.45) is 0. The molecule has 0 heterocycles. The average molecular weight is 931 g/mol. The summed E-state index contributed by atoms with van der Waals surface area (Å²) in [7, 11) is -26.1. The molecule has 5 aromatic rings. The minimum atomic E-state index is -5.50. The van der Waals surface area contributed by atoms with Gasteiger partial charge in [0.1, 0.15) is 42.3 Å². The van der Waals surface area contributed by atoms with Crippen LogP contribution < -0.4 is 5.73 Å². The molecule has 0 fully saturated rings. The fraction of sp³-hybridized carbons (Fsp3) is 0.0345. The van der Waals surface area contributed by atoms with E-state index in [1.165, 1.54) is 25.1 Å². The van der Waals surface area contributed by atoms with Crippen molar-refractivity contribution in [1.82, 2.24) is 0 Å². The fourth-order valence-electron chi connectivity index (χ4n) is 5.09. The number of nitrogen functional groups attached to an aromatic ring is 1. The van der Waals surface area contributed by atoms with Gasteiger partial charge in [0, 0.05) is 17.5 Å². The minimum Gasteiger partial charge on any atom is -0.505 e. The Labute approximate surface area is 336 Å². The van der Waals surface area contributed by atoms with E-state index >= 15 is 0 Å². The molecule has 5 aromatic carbocycles. The minimum absolute atomic E-state index is 0.0198. The molecule has 0 amide bonds. The van der Waals surface area contributed by atoms with E-state index in [9.17, 15) is 80.1 Å². The summed E-state index contributed by atoms with van der Waals surface area (Å²) in [4.78, 5) is 4.54. The van der Waals surface area contributed by atoms with E-state index < -0.39 is 131 Å². The number of anilines is 1. The Morgan fingerprint density at radius 2 is 1.05 bits per heavy atom. The number of nitro groups is 1. The number of rotatable bonds is 12. The van der Waals surface area contributed by atoms with Crippen molar-refractivity contribution in [3.05, 3.63) is 82.4 Å². The molecular formula is C29H22N8O18S5. The predicted molar refractivity (Wildman–Crippen MR) is 202 cm³/mol. The van der Waals surface area contributed by atoms with Crippen LogP contribution in [-0.2, 0) is 50.6 Å². The number of hydrogen-bond donors (Lipinski definition) is 7. The Morgan fingerprint density at radius 1 is 0.550 bits per heavy atom. The number of phenols is 1. The third-order valence-electron chi connectivity index (χ3n) is 7.79. The summed E-state index contributed by atoms with van der Waals surface area (Å²) in [5, 5.41) is 43.1. The Kier molecular flexibility index (Phi) is 11.7. The maximum absolute atomic E-state index is 12.5. The molecule has 0 bridgehead atoms. The quantitative estimate of drug-likeness (QED) is 0.0254. The highest BCUT2D eigenvalue weighted by molar-refractivity contribution is 7.87. The van der Waals surface area contributed by atoms with Gasteiger partial charge in [-0.3, -0.25) is 32.9 Å². The van der Waals surface area contributed by atoms with Crippen LogP contribution in [0.5, 0.6) is 5.75 Å². The molecule has 8 N–H and O–H groups in total. The summed E-state index contributed by atoms with van der Waals surface area (Å²) >= 11 is 0. The van der Waals surface area contributed by atoms with Crippen LogP contribution in [-0.4, -0.2) is 74.9 Å². The number of phenolic OH excluding ortho intramolecular Hbond substituents is 1. The molecule has 0 spiro atoms. The van der Waals surface area contributed by atoms with Crippen molar-refractivity contribution in [3.8, 4) is 5.75 Å². The number of azo groups is 3. The Balaban J connectivity index is 1.63. The highest BCUT2D eigenvalue weighted by Gasteiger charge is 2.29. The van der Waals surface area contributed by atoms with Gasteiger partial charge in [0.25, 0.3) is 56.3 Å². The van der Waals surface area contributed by atoms with Crippen LogP contribution in [0.2, 0.25) is 0 Å². The molecule has 0 saturated carbocycles. The van der Waals surface area contributed by atoms with Gasteiger partial charge in [-0.05, 0) is 67.1 Å². The van der Waals surface area contributed by atoms with Gasteiger partial charge in [0.05, 0.1) is 32.3 Å². The zero-order valence-corrected chi connectivity index (χ0v) is 33.3. The normalized spacial score (nSPS) is 13.2. The first-order valence-electron chi connectivity index (χ1n) is 15.3. The Hall–Kier alpha value is -6.29. The highest BCUT2D eigenvalue weighted by Crippen LogP contribution is 2.48. The summed E-state index contributed by atoms with van der Waals surface area (Å²) in [6.45, 7) is 1.45. The average Bonchev–Trinajstić information content (AvgIpc) is 3.11. The van der Waals surface area contributed by atoms with E-state index in [2.05, 4.69) is 30.7 Å². The predicted octanol–water partition coefficient (Wildman–Crippen LogP) is 5.82. The third kappa shape index (κ3) is 9.60. The van der Waals surface area contributed by atoms with Gasteiger partial charge in [0.15, 0.2) is 5.75 Å². The van der Waals surface area contributed by atoms with Gasteiger partial charge in [-0.2, -0.15) is 52.3 Å². The zero-order chi connectivity index (χ0) is 44.9. The molecule has 26 nitrogen and oxygen atoms in total. The molecule has 5 rings (SSSR count). The van der Waals surface area contributed by atoms with E-state index in [0.29, 0.717) is 30.3 Å². The summed E-state index contributed by atoms with van der Waals surface area (Å²) in [5.41, 5.74) is 1.79. The Morgan fingerprint density at radius 3 is 1.58 bits per heavy atom. The van der Waals surface area contributed by atoms with Crippen molar-refractivity contribution in [2.45, 2.75) is 31.4 Å². The fourth-order valence-corrected chi connectivity index (χ4v) is 8.31. The molecule has 0 aliphatic carbocycles. The topological polar surface area (TPSA) is 435 Å². The number of nitro benzene ring substituents is 1. The maximum atomic E-state index is 12.5. The van der Waals surface area contributed by atoms with Crippen molar-refractivity contribution in [3.63, 3.8) is 0 Å². The lowest BCUT2D eigenvalue weighted by molar-refractivity contribution is -0.385. The van der Waals surface area contributed by atoms with Crippen LogP contribution in [0.15, 0.2) is 122 Å². The molecule has 0 saturated heterocycles. The first kappa shape index (κ1) is 44.8. The SMILES string of the molecule is Cc1cc(N=Nc2cc(S(=O)(=O)O)c3cc(S(=O)(=O)O)c(N=Nc4ccc([N+](=O)[O-])cc4S(=O)(=O)O)c(O)c3c2N)ccc1N=Nc1ccc(S(=O)(=O)O)cc1S(=O)(=O)O. The lowest BCUT2D eigenvalue weighted by Crippen LogP contribution is -2.04. The largest absolute Gasteiger partial charge is 0.505 e. The lowest BCUT2D eigenvalue weighted by Gasteiger charge is -2.14.